The second kappa shape index (κ2) is 8.99. The van der Waals surface area contributed by atoms with E-state index in [4.69, 9.17) is 11.6 Å². The van der Waals surface area contributed by atoms with Crippen LogP contribution in [0.15, 0.2) is 72.1 Å². The largest absolute Gasteiger partial charge is 0.345 e. The van der Waals surface area contributed by atoms with Gasteiger partial charge in [-0.05, 0) is 36.1 Å². The fourth-order valence-electron chi connectivity index (χ4n) is 2.93. The van der Waals surface area contributed by atoms with Crippen molar-refractivity contribution in [2.45, 2.75) is 19.0 Å². The Morgan fingerprint density at radius 1 is 1.08 bits per heavy atom. The Balaban J connectivity index is 1.63. The van der Waals surface area contributed by atoms with Gasteiger partial charge in [0.05, 0.1) is 10.9 Å². The fourth-order valence-corrected chi connectivity index (χ4v) is 3.98. The molecule has 2 aromatic carbocycles. The van der Waals surface area contributed by atoms with Crippen molar-refractivity contribution >= 4 is 28.8 Å². The average Bonchev–Trinajstić information content (AvgIpc) is 3.17. The van der Waals surface area contributed by atoms with Gasteiger partial charge >= 0.3 is 0 Å². The van der Waals surface area contributed by atoms with Crippen LogP contribution in [0, 0.1) is 0 Å². The molecule has 0 spiro atoms. The number of nitrogens with two attached hydrogens (primary N) is 1. The molecule has 5 heteroatoms. The van der Waals surface area contributed by atoms with E-state index in [1.165, 1.54) is 10.4 Å². The zero-order valence-electron chi connectivity index (χ0n) is 14.6. The number of nitrogens with one attached hydrogen (secondary N) is 1. The predicted octanol–water partition coefficient (Wildman–Crippen LogP) is 3.93. The number of quaternary nitrogens is 1. The minimum atomic E-state index is -0.0773. The highest BCUT2D eigenvalue weighted by atomic mass is 35.5. The zero-order chi connectivity index (χ0) is 18.4. The first-order chi connectivity index (χ1) is 12.6. The maximum atomic E-state index is 12.4. The lowest BCUT2D eigenvalue weighted by molar-refractivity contribution is -0.676. The molecule has 0 fully saturated rings. The average molecular weight is 386 g/mol. The van der Waals surface area contributed by atoms with E-state index in [-0.39, 0.29) is 18.0 Å². The predicted molar refractivity (Wildman–Crippen MR) is 107 cm³/mol. The summed E-state index contributed by atoms with van der Waals surface area (Å²) in [7, 11) is 0. The molecule has 1 heterocycles. The number of amides is 1. The Hall–Kier alpha value is -2.14. The van der Waals surface area contributed by atoms with Crippen LogP contribution >= 0.6 is 22.9 Å². The summed E-state index contributed by atoms with van der Waals surface area (Å²) in [5.41, 5.74) is 2.20. The minimum absolute atomic E-state index is 0.00922. The van der Waals surface area contributed by atoms with Crippen LogP contribution in [0.3, 0.4) is 0 Å². The Labute approximate surface area is 163 Å². The number of carbonyl (C=O) groups excluding carboxylic acids is 1. The van der Waals surface area contributed by atoms with Crippen LogP contribution in [0.1, 0.15) is 35.0 Å². The zero-order valence-corrected chi connectivity index (χ0v) is 16.1. The van der Waals surface area contributed by atoms with Crippen LogP contribution in [0.25, 0.3) is 0 Å². The highest BCUT2D eigenvalue weighted by Crippen LogP contribution is 2.22. The molecule has 0 bridgehead atoms. The molecule has 3 nitrogen and oxygen atoms in total. The van der Waals surface area contributed by atoms with Crippen molar-refractivity contribution in [3.63, 3.8) is 0 Å². The van der Waals surface area contributed by atoms with Crippen LogP contribution in [0.2, 0.25) is 5.02 Å². The summed E-state index contributed by atoms with van der Waals surface area (Å²) < 4.78 is 0. The molecule has 3 rings (SSSR count). The van der Waals surface area contributed by atoms with Crippen LogP contribution in [0.4, 0.5) is 0 Å². The molecular formula is C21H22ClN2OS+. The van der Waals surface area contributed by atoms with Crippen molar-refractivity contribution in [1.29, 1.82) is 0 Å². The maximum absolute atomic E-state index is 12.4. The van der Waals surface area contributed by atoms with Gasteiger partial charge in [0.25, 0.3) is 5.91 Å². The monoisotopic (exact) mass is 385 g/mol. The molecule has 134 valence electrons. The Kier molecular flexibility index (Phi) is 6.45. The molecule has 0 aliphatic heterocycles. The van der Waals surface area contributed by atoms with E-state index in [1.54, 1.807) is 11.3 Å². The Morgan fingerprint density at radius 3 is 2.54 bits per heavy atom. The molecule has 26 heavy (non-hydrogen) atoms. The molecule has 3 aromatic rings. The van der Waals surface area contributed by atoms with Crippen LogP contribution in [-0.2, 0) is 4.79 Å². The van der Waals surface area contributed by atoms with Crippen molar-refractivity contribution in [3.05, 3.63) is 93.1 Å². The van der Waals surface area contributed by atoms with Gasteiger partial charge in [-0.15, -0.1) is 11.3 Å². The molecule has 1 amide bonds. The summed E-state index contributed by atoms with van der Waals surface area (Å²) in [4.78, 5) is 13.7. The third-order valence-corrected chi connectivity index (χ3v) is 5.46. The summed E-state index contributed by atoms with van der Waals surface area (Å²) >= 11 is 7.75. The van der Waals surface area contributed by atoms with Crippen molar-refractivity contribution < 1.29 is 10.1 Å². The van der Waals surface area contributed by atoms with Crippen molar-refractivity contribution in [3.8, 4) is 0 Å². The van der Waals surface area contributed by atoms with E-state index in [2.05, 4.69) is 34.2 Å². The van der Waals surface area contributed by atoms with Gasteiger partial charge in [-0.1, -0.05) is 60.1 Å². The van der Waals surface area contributed by atoms with Crippen LogP contribution in [0.5, 0.6) is 0 Å². The highest BCUT2D eigenvalue weighted by molar-refractivity contribution is 7.10. The molecule has 0 saturated carbocycles. The maximum Gasteiger partial charge on any atom is 0.275 e. The van der Waals surface area contributed by atoms with Gasteiger partial charge in [-0.25, -0.2) is 0 Å². The number of hydrogen-bond donors (Lipinski definition) is 2. The summed E-state index contributed by atoms with van der Waals surface area (Å²) in [5.74, 6) is 0.00922. The van der Waals surface area contributed by atoms with Crippen LogP contribution in [-0.4, -0.2) is 12.5 Å². The van der Waals surface area contributed by atoms with Gasteiger partial charge in [0, 0.05) is 10.6 Å². The van der Waals surface area contributed by atoms with Gasteiger partial charge in [0.15, 0.2) is 6.54 Å². The molecule has 1 aromatic heterocycles. The molecule has 0 aliphatic carbocycles. The fraction of sp³-hybridized carbons (Fsp3) is 0.190. The Bertz CT molecular complexity index is 836. The van der Waals surface area contributed by atoms with Crippen LogP contribution < -0.4 is 10.6 Å². The molecule has 3 N–H and O–H groups in total. The van der Waals surface area contributed by atoms with Crippen molar-refractivity contribution in [1.82, 2.24) is 5.32 Å². The second-order valence-electron chi connectivity index (χ2n) is 6.19. The lowest BCUT2D eigenvalue weighted by Gasteiger charge is -2.17. The first-order valence-corrected chi connectivity index (χ1v) is 9.86. The first kappa shape index (κ1) is 18.6. The highest BCUT2D eigenvalue weighted by Gasteiger charge is 2.20. The number of carbonyl (C=O) groups is 1. The van der Waals surface area contributed by atoms with Gasteiger partial charge in [0.1, 0.15) is 6.04 Å². The first-order valence-electron chi connectivity index (χ1n) is 8.60. The summed E-state index contributed by atoms with van der Waals surface area (Å²) in [6.07, 6.45) is 0. The van der Waals surface area contributed by atoms with Gasteiger partial charge in [-0.3, -0.25) is 4.79 Å². The van der Waals surface area contributed by atoms with E-state index in [9.17, 15) is 4.79 Å². The van der Waals surface area contributed by atoms with E-state index in [0.29, 0.717) is 11.6 Å². The normalized spacial score (nSPS) is 13.2. The summed E-state index contributed by atoms with van der Waals surface area (Å²) in [5, 5.41) is 7.88. The summed E-state index contributed by atoms with van der Waals surface area (Å²) in [6, 6.07) is 22.1. The third kappa shape index (κ3) is 4.94. The van der Waals surface area contributed by atoms with Crippen molar-refractivity contribution in [2.24, 2.45) is 0 Å². The minimum Gasteiger partial charge on any atom is -0.345 e. The van der Waals surface area contributed by atoms with E-state index < -0.39 is 0 Å². The number of hydrogen-bond acceptors (Lipinski definition) is 2. The topological polar surface area (TPSA) is 45.7 Å². The third-order valence-electron chi connectivity index (χ3n) is 4.27. The lowest BCUT2D eigenvalue weighted by atomic mass is 10.1. The number of halogens is 1. The van der Waals surface area contributed by atoms with E-state index >= 15 is 0 Å². The number of rotatable bonds is 7. The van der Waals surface area contributed by atoms with E-state index in [1.807, 2.05) is 55.5 Å². The van der Waals surface area contributed by atoms with Crippen molar-refractivity contribution in [2.75, 3.05) is 6.54 Å². The molecule has 0 saturated heterocycles. The van der Waals surface area contributed by atoms with Gasteiger partial charge in [0.2, 0.25) is 0 Å². The van der Waals surface area contributed by atoms with Gasteiger partial charge < -0.3 is 10.6 Å². The SMILES string of the molecule is C[C@H](NC(=O)C[NH2+][C@@H](c1ccccc1)c1cccs1)c1cccc(Cl)c1. The molecule has 2 atom stereocenters. The molecule has 0 aliphatic rings. The quantitative estimate of drug-likeness (QED) is 0.636. The van der Waals surface area contributed by atoms with Gasteiger partial charge in [-0.2, -0.15) is 0 Å². The number of thiophene rings is 1. The standard InChI is InChI=1S/C21H21ClN2OS/c1-15(17-9-5-10-18(22)13-17)24-20(25)14-23-21(19-11-6-12-26-19)16-7-3-2-4-8-16/h2-13,15,21,23H,14H2,1H3,(H,24,25)/p+1/t15-,21-/m0/s1. The molecule has 0 radical (unpaired) electrons. The lowest BCUT2D eigenvalue weighted by Crippen LogP contribution is -2.87. The summed E-state index contributed by atoms with van der Waals surface area (Å²) in [6.45, 7) is 2.33. The molecular weight excluding hydrogens is 364 g/mol. The smallest absolute Gasteiger partial charge is 0.275 e. The Morgan fingerprint density at radius 2 is 1.85 bits per heavy atom. The van der Waals surface area contributed by atoms with E-state index in [0.717, 1.165) is 5.56 Å². The number of benzene rings is 2. The second-order valence-corrected chi connectivity index (χ2v) is 7.60. The molecule has 0 unspecified atom stereocenters.